The molecule has 0 radical (unpaired) electrons. The van der Waals surface area contributed by atoms with Crippen LogP contribution in [-0.2, 0) is 20.9 Å². The first-order valence-electron chi connectivity index (χ1n) is 7.08. The average molecular weight is 362 g/mol. The lowest BCUT2D eigenvalue weighted by Crippen LogP contribution is -2.37. The lowest BCUT2D eigenvalue weighted by molar-refractivity contribution is -0.143. The van der Waals surface area contributed by atoms with E-state index in [9.17, 15) is 27.6 Å². The van der Waals surface area contributed by atoms with Gasteiger partial charge in [-0.25, -0.2) is 4.79 Å². The fraction of sp³-hybridized carbons (Fsp3) is 0.400. The third-order valence-electron chi connectivity index (χ3n) is 2.93. The first-order valence-corrected chi connectivity index (χ1v) is 7.08. The Kier molecular flexibility index (Phi) is 7.22. The molecule has 0 aromatic heterocycles. The van der Waals surface area contributed by atoms with E-state index in [-0.39, 0.29) is 6.54 Å². The highest BCUT2D eigenvalue weighted by Gasteiger charge is 2.28. The molecule has 0 aliphatic rings. The predicted octanol–water partition coefficient (Wildman–Crippen LogP) is 1.18. The van der Waals surface area contributed by atoms with Crippen molar-refractivity contribution in [1.29, 1.82) is 0 Å². The van der Waals surface area contributed by atoms with Gasteiger partial charge in [0, 0.05) is 13.6 Å². The van der Waals surface area contributed by atoms with Gasteiger partial charge in [-0.15, -0.1) is 0 Å². The second kappa shape index (κ2) is 8.90. The standard InChI is InChI=1S/C15H17F3N2O5/c1-20(13(22)6-12(21)19-9-15(16,17)18)7-10-2-4-11(5-3-10)25-8-14(23)24/h2-5H,6-9H2,1H3,(H,19,21)(H,23,24). The maximum absolute atomic E-state index is 12.0. The molecule has 1 rings (SSSR count). The number of ether oxygens (including phenoxy) is 1. The van der Waals surface area contributed by atoms with E-state index in [1.54, 1.807) is 17.4 Å². The van der Waals surface area contributed by atoms with Gasteiger partial charge in [-0.2, -0.15) is 13.2 Å². The summed E-state index contributed by atoms with van der Waals surface area (Å²) in [4.78, 5) is 34.7. The molecule has 1 aromatic carbocycles. The molecular weight excluding hydrogens is 345 g/mol. The Morgan fingerprint density at radius 1 is 1.20 bits per heavy atom. The minimum absolute atomic E-state index is 0.130. The SMILES string of the molecule is CN(Cc1ccc(OCC(=O)O)cc1)C(=O)CC(=O)NCC(F)(F)F. The highest BCUT2D eigenvalue weighted by molar-refractivity contribution is 5.96. The zero-order valence-electron chi connectivity index (χ0n) is 13.3. The summed E-state index contributed by atoms with van der Waals surface area (Å²) in [5.74, 6) is -2.41. The molecule has 2 amide bonds. The molecule has 7 nitrogen and oxygen atoms in total. The van der Waals surface area contributed by atoms with Crippen LogP contribution < -0.4 is 10.1 Å². The highest BCUT2D eigenvalue weighted by Crippen LogP contribution is 2.14. The Morgan fingerprint density at radius 3 is 2.32 bits per heavy atom. The van der Waals surface area contributed by atoms with E-state index in [2.05, 4.69) is 0 Å². The normalized spacial score (nSPS) is 10.9. The third-order valence-corrected chi connectivity index (χ3v) is 2.93. The molecule has 0 saturated carbocycles. The van der Waals surface area contributed by atoms with Crippen molar-refractivity contribution in [3.05, 3.63) is 29.8 Å². The fourth-order valence-electron chi connectivity index (χ4n) is 1.73. The molecule has 0 atom stereocenters. The average Bonchev–Trinajstić information content (AvgIpc) is 2.51. The van der Waals surface area contributed by atoms with Crippen molar-refractivity contribution in [2.75, 3.05) is 20.2 Å². The molecule has 25 heavy (non-hydrogen) atoms. The van der Waals surface area contributed by atoms with Crippen LogP contribution in [0.1, 0.15) is 12.0 Å². The van der Waals surface area contributed by atoms with Gasteiger partial charge in [0.05, 0.1) is 0 Å². The topological polar surface area (TPSA) is 95.9 Å². The smallest absolute Gasteiger partial charge is 0.405 e. The lowest BCUT2D eigenvalue weighted by atomic mass is 10.2. The summed E-state index contributed by atoms with van der Waals surface area (Å²) < 4.78 is 40.9. The van der Waals surface area contributed by atoms with Crippen molar-refractivity contribution < 1.29 is 37.4 Å². The summed E-state index contributed by atoms with van der Waals surface area (Å²) in [7, 11) is 1.41. The highest BCUT2D eigenvalue weighted by atomic mass is 19.4. The number of rotatable bonds is 8. The number of carboxylic acid groups (broad SMARTS) is 1. The molecule has 1 aromatic rings. The number of hydrogen-bond donors (Lipinski definition) is 2. The summed E-state index contributed by atoms with van der Waals surface area (Å²) in [6.07, 6.45) is -5.22. The van der Waals surface area contributed by atoms with Crippen molar-refractivity contribution >= 4 is 17.8 Å². The van der Waals surface area contributed by atoms with Gasteiger partial charge in [0.2, 0.25) is 11.8 Å². The van der Waals surface area contributed by atoms with Crippen molar-refractivity contribution in [3.63, 3.8) is 0 Å². The Morgan fingerprint density at radius 2 is 1.80 bits per heavy atom. The summed E-state index contributed by atoms with van der Waals surface area (Å²) >= 11 is 0. The molecule has 0 aliphatic carbocycles. The lowest BCUT2D eigenvalue weighted by Gasteiger charge is -2.17. The van der Waals surface area contributed by atoms with Crippen molar-refractivity contribution in [3.8, 4) is 5.75 Å². The van der Waals surface area contributed by atoms with Gasteiger partial charge in [0.15, 0.2) is 6.61 Å². The summed E-state index contributed by atoms with van der Waals surface area (Å²) in [5, 5.41) is 10.1. The molecule has 10 heteroatoms. The number of alkyl halides is 3. The number of hydrogen-bond acceptors (Lipinski definition) is 4. The Labute approximate surface area is 141 Å². The number of carboxylic acids is 1. The van der Waals surface area contributed by atoms with E-state index in [0.717, 1.165) is 0 Å². The molecule has 0 fully saturated rings. The van der Waals surface area contributed by atoms with E-state index >= 15 is 0 Å². The number of amides is 2. The van der Waals surface area contributed by atoms with Gasteiger partial charge in [-0.1, -0.05) is 12.1 Å². The number of carbonyl (C=O) groups is 3. The number of nitrogens with zero attached hydrogens (tertiary/aromatic N) is 1. The van der Waals surface area contributed by atoms with Crippen LogP contribution in [0.3, 0.4) is 0 Å². The van der Waals surface area contributed by atoms with Crippen molar-refractivity contribution in [2.24, 2.45) is 0 Å². The quantitative estimate of drug-likeness (QED) is 0.677. The minimum atomic E-state index is -4.53. The van der Waals surface area contributed by atoms with Crippen LogP contribution >= 0.6 is 0 Å². The minimum Gasteiger partial charge on any atom is -0.482 e. The number of halogens is 3. The van der Waals surface area contributed by atoms with Gasteiger partial charge in [0.25, 0.3) is 0 Å². The Hall–Kier alpha value is -2.78. The van der Waals surface area contributed by atoms with Crippen LogP contribution in [0, 0.1) is 0 Å². The predicted molar refractivity (Wildman–Crippen MR) is 79.7 cm³/mol. The molecule has 0 heterocycles. The van der Waals surface area contributed by atoms with Crippen LogP contribution in [0.2, 0.25) is 0 Å². The van der Waals surface area contributed by atoms with Crippen molar-refractivity contribution in [2.45, 2.75) is 19.1 Å². The number of carbonyl (C=O) groups excluding carboxylic acids is 2. The van der Waals surface area contributed by atoms with Crippen LogP contribution in [0.25, 0.3) is 0 Å². The monoisotopic (exact) mass is 362 g/mol. The Bertz CT molecular complexity index is 617. The van der Waals surface area contributed by atoms with Gasteiger partial charge >= 0.3 is 12.1 Å². The molecule has 0 aliphatic heterocycles. The maximum Gasteiger partial charge on any atom is 0.405 e. The molecule has 2 N–H and O–H groups in total. The van der Waals surface area contributed by atoms with Gasteiger partial charge in [-0.05, 0) is 17.7 Å². The first-order chi connectivity index (χ1) is 11.6. The van der Waals surface area contributed by atoms with Gasteiger partial charge in [-0.3, -0.25) is 9.59 Å². The van der Waals surface area contributed by atoms with Crippen LogP contribution in [-0.4, -0.2) is 54.2 Å². The fourth-order valence-corrected chi connectivity index (χ4v) is 1.73. The summed E-state index contributed by atoms with van der Waals surface area (Å²) in [6, 6.07) is 6.24. The second-order valence-electron chi connectivity index (χ2n) is 5.14. The summed E-state index contributed by atoms with van der Waals surface area (Å²) in [5.41, 5.74) is 0.675. The summed E-state index contributed by atoms with van der Waals surface area (Å²) in [6.45, 7) is -1.84. The largest absolute Gasteiger partial charge is 0.482 e. The van der Waals surface area contributed by atoms with Gasteiger partial charge in [0.1, 0.15) is 18.7 Å². The van der Waals surface area contributed by atoms with Crippen LogP contribution in [0.5, 0.6) is 5.75 Å². The van der Waals surface area contributed by atoms with Gasteiger partial charge < -0.3 is 20.1 Å². The zero-order valence-corrected chi connectivity index (χ0v) is 13.3. The van der Waals surface area contributed by atoms with Crippen molar-refractivity contribution in [1.82, 2.24) is 10.2 Å². The molecular formula is C15H17F3N2O5. The first kappa shape index (κ1) is 20.3. The maximum atomic E-state index is 12.0. The van der Waals surface area contributed by atoms with Crippen LogP contribution in [0.15, 0.2) is 24.3 Å². The molecule has 0 unspecified atom stereocenters. The van der Waals surface area contributed by atoms with E-state index in [0.29, 0.717) is 11.3 Å². The molecule has 0 spiro atoms. The molecule has 0 bridgehead atoms. The Balaban J connectivity index is 2.46. The molecule has 0 saturated heterocycles. The van der Waals surface area contributed by atoms with E-state index in [4.69, 9.17) is 9.84 Å². The number of nitrogens with one attached hydrogen (secondary N) is 1. The van der Waals surface area contributed by atoms with E-state index < -0.39 is 43.5 Å². The van der Waals surface area contributed by atoms with E-state index in [1.807, 2.05) is 0 Å². The van der Waals surface area contributed by atoms with Crippen LogP contribution in [0.4, 0.5) is 13.2 Å². The second-order valence-corrected chi connectivity index (χ2v) is 5.14. The third kappa shape index (κ3) is 8.58. The van der Waals surface area contributed by atoms with E-state index in [1.165, 1.54) is 24.1 Å². The molecule has 138 valence electrons. The number of aliphatic carboxylic acids is 1. The number of benzene rings is 1. The zero-order chi connectivity index (χ0) is 19.0.